The van der Waals surface area contributed by atoms with Gasteiger partial charge in [-0.2, -0.15) is 5.10 Å². The van der Waals surface area contributed by atoms with Gasteiger partial charge in [0, 0.05) is 32.7 Å². The van der Waals surface area contributed by atoms with Crippen molar-refractivity contribution in [3.63, 3.8) is 0 Å². The molecule has 1 N–H and O–H groups in total. The molecule has 0 atom stereocenters. The smallest absolute Gasteiger partial charge is 0.268 e. The Kier molecular flexibility index (Phi) is 4.36. The van der Waals surface area contributed by atoms with Crippen molar-refractivity contribution in [3.05, 3.63) is 22.6 Å². The normalized spacial score (nSPS) is 14.8. The van der Waals surface area contributed by atoms with Gasteiger partial charge in [-0.05, 0) is 32.2 Å². The van der Waals surface area contributed by atoms with E-state index in [1.165, 1.54) is 12.8 Å². The lowest BCUT2D eigenvalue weighted by Crippen LogP contribution is -2.25. The van der Waals surface area contributed by atoms with Crippen LogP contribution in [0, 0.1) is 0 Å². The fourth-order valence-electron chi connectivity index (χ4n) is 1.82. The van der Waals surface area contributed by atoms with E-state index in [0.717, 1.165) is 31.1 Å². The second-order valence-corrected chi connectivity index (χ2v) is 5.11. The molecular weight excluding hydrogens is 228 g/mol. The molecule has 0 amide bonds. The molecule has 2 rings (SSSR count). The van der Waals surface area contributed by atoms with Gasteiger partial charge in [0.25, 0.3) is 5.56 Å². The van der Waals surface area contributed by atoms with Crippen molar-refractivity contribution in [1.29, 1.82) is 0 Å². The van der Waals surface area contributed by atoms with Crippen molar-refractivity contribution in [2.24, 2.45) is 0 Å². The van der Waals surface area contributed by atoms with Crippen LogP contribution in [0.15, 0.2) is 17.1 Å². The molecule has 0 bridgehead atoms. The Morgan fingerprint density at radius 3 is 2.83 bits per heavy atom. The Labute approximate surface area is 108 Å². The molecule has 0 radical (unpaired) electrons. The summed E-state index contributed by atoms with van der Waals surface area (Å²) >= 11 is 0. The third-order valence-corrected chi connectivity index (χ3v) is 3.18. The maximum atomic E-state index is 11.8. The first-order valence-electron chi connectivity index (χ1n) is 6.64. The van der Waals surface area contributed by atoms with Crippen molar-refractivity contribution >= 4 is 5.69 Å². The summed E-state index contributed by atoms with van der Waals surface area (Å²) < 4.78 is 1.55. The fraction of sp³-hybridized carbons (Fsp3) is 0.692. The van der Waals surface area contributed by atoms with Crippen LogP contribution in [-0.2, 0) is 6.54 Å². The lowest BCUT2D eigenvalue weighted by Gasteiger charge is -2.12. The van der Waals surface area contributed by atoms with Gasteiger partial charge < -0.3 is 10.2 Å². The van der Waals surface area contributed by atoms with Gasteiger partial charge in [-0.1, -0.05) is 0 Å². The Balaban J connectivity index is 1.76. The van der Waals surface area contributed by atoms with Crippen LogP contribution in [0.5, 0.6) is 0 Å². The van der Waals surface area contributed by atoms with Crippen LogP contribution in [0.3, 0.4) is 0 Å². The summed E-state index contributed by atoms with van der Waals surface area (Å²) in [4.78, 5) is 13.7. The third-order valence-electron chi connectivity index (χ3n) is 3.18. The molecule has 1 aromatic rings. The SMILES string of the molecule is CN(C)c1cnn(CCCCNC2CC2)c(=O)c1. The lowest BCUT2D eigenvalue weighted by molar-refractivity contribution is 0.515. The predicted octanol–water partition coefficient (Wildman–Crippen LogP) is 0.841. The number of aryl methyl sites for hydroxylation is 1. The molecule has 1 saturated carbocycles. The summed E-state index contributed by atoms with van der Waals surface area (Å²) in [5, 5.41) is 7.65. The van der Waals surface area contributed by atoms with E-state index in [2.05, 4.69) is 10.4 Å². The van der Waals surface area contributed by atoms with Crippen LogP contribution in [-0.4, -0.2) is 36.5 Å². The van der Waals surface area contributed by atoms with Crippen LogP contribution in [0.4, 0.5) is 5.69 Å². The Morgan fingerprint density at radius 2 is 2.22 bits per heavy atom. The van der Waals surface area contributed by atoms with E-state index in [0.29, 0.717) is 6.54 Å². The summed E-state index contributed by atoms with van der Waals surface area (Å²) in [6.07, 6.45) is 6.48. The molecule has 1 aliphatic rings. The van der Waals surface area contributed by atoms with Crippen LogP contribution in [0.1, 0.15) is 25.7 Å². The molecule has 1 fully saturated rings. The minimum Gasteiger partial charge on any atom is -0.376 e. The fourth-order valence-corrected chi connectivity index (χ4v) is 1.82. The van der Waals surface area contributed by atoms with Crippen molar-refractivity contribution in [2.45, 2.75) is 38.3 Å². The van der Waals surface area contributed by atoms with E-state index in [1.807, 2.05) is 19.0 Å². The van der Waals surface area contributed by atoms with E-state index in [4.69, 9.17) is 0 Å². The highest BCUT2D eigenvalue weighted by atomic mass is 16.1. The number of nitrogens with one attached hydrogen (secondary N) is 1. The highest BCUT2D eigenvalue weighted by Gasteiger charge is 2.19. The molecule has 0 aromatic carbocycles. The average molecular weight is 250 g/mol. The molecule has 100 valence electrons. The predicted molar refractivity (Wildman–Crippen MR) is 73.1 cm³/mol. The second-order valence-electron chi connectivity index (χ2n) is 5.11. The van der Waals surface area contributed by atoms with E-state index in [1.54, 1.807) is 16.9 Å². The zero-order valence-corrected chi connectivity index (χ0v) is 11.2. The lowest BCUT2D eigenvalue weighted by atomic mass is 10.3. The topological polar surface area (TPSA) is 50.2 Å². The Morgan fingerprint density at radius 1 is 1.44 bits per heavy atom. The van der Waals surface area contributed by atoms with E-state index in [-0.39, 0.29) is 5.56 Å². The number of nitrogens with zero attached hydrogens (tertiary/aromatic N) is 3. The first-order valence-corrected chi connectivity index (χ1v) is 6.64. The Hall–Kier alpha value is -1.36. The molecule has 18 heavy (non-hydrogen) atoms. The van der Waals surface area contributed by atoms with Gasteiger partial charge in [-0.25, -0.2) is 4.68 Å². The zero-order chi connectivity index (χ0) is 13.0. The number of hydrogen-bond donors (Lipinski definition) is 1. The number of rotatable bonds is 7. The summed E-state index contributed by atoms with van der Waals surface area (Å²) in [7, 11) is 3.81. The van der Waals surface area contributed by atoms with Crippen LogP contribution in [0.25, 0.3) is 0 Å². The summed E-state index contributed by atoms with van der Waals surface area (Å²) in [6.45, 7) is 1.76. The van der Waals surface area contributed by atoms with E-state index < -0.39 is 0 Å². The van der Waals surface area contributed by atoms with Crippen LogP contribution >= 0.6 is 0 Å². The largest absolute Gasteiger partial charge is 0.376 e. The molecule has 1 aromatic heterocycles. The van der Waals surface area contributed by atoms with Crippen molar-refractivity contribution in [2.75, 3.05) is 25.5 Å². The first kappa shape index (κ1) is 13.1. The van der Waals surface area contributed by atoms with Crippen molar-refractivity contribution in [1.82, 2.24) is 15.1 Å². The van der Waals surface area contributed by atoms with Crippen molar-refractivity contribution in [3.8, 4) is 0 Å². The van der Waals surface area contributed by atoms with Crippen LogP contribution < -0.4 is 15.8 Å². The van der Waals surface area contributed by atoms with Gasteiger partial charge in [0.2, 0.25) is 0 Å². The highest BCUT2D eigenvalue weighted by molar-refractivity contribution is 5.40. The maximum absolute atomic E-state index is 11.8. The van der Waals surface area contributed by atoms with Gasteiger partial charge >= 0.3 is 0 Å². The minimum absolute atomic E-state index is 0.0173. The quantitative estimate of drug-likeness (QED) is 0.729. The number of hydrogen-bond acceptors (Lipinski definition) is 4. The van der Waals surface area contributed by atoms with Crippen molar-refractivity contribution < 1.29 is 0 Å². The molecule has 5 heteroatoms. The molecule has 0 spiro atoms. The van der Waals surface area contributed by atoms with Gasteiger partial charge in [-0.15, -0.1) is 0 Å². The van der Waals surface area contributed by atoms with Gasteiger partial charge in [0.1, 0.15) is 0 Å². The first-order chi connectivity index (χ1) is 8.66. The highest BCUT2D eigenvalue weighted by Crippen LogP contribution is 2.18. The van der Waals surface area contributed by atoms with Gasteiger partial charge in [0.05, 0.1) is 11.9 Å². The summed E-state index contributed by atoms with van der Waals surface area (Å²) in [6, 6.07) is 2.40. The average Bonchev–Trinajstić information content (AvgIpc) is 3.14. The number of aromatic nitrogens is 2. The molecular formula is C13H22N4O. The second kappa shape index (κ2) is 6.00. The monoisotopic (exact) mass is 250 g/mol. The molecule has 0 unspecified atom stereocenters. The van der Waals surface area contributed by atoms with Gasteiger partial charge in [0.15, 0.2) is 0 Å². The maximum Gasteiger partial charge on any atom is 0.268 e. The third kappa shape index (κ3) is 3.84. The molecule has 5 nitrogen and oxygen atoms in total. The summed E-state index contributed by atoms with van der Waals surface area (Å²) in [5.74, 6) is 0. The molecule has 0 saturated heterocycles. The van der Waals surface area contributed by atoms with E-state index >= 15 is 0 Å². The molecule has 1 aliphatic carbocycles. The zero-order valence-electron chi connectivity index (χ0n) is 11.2. The van der Waals surface area contributed by atoms with Gasteiger partial charge in [-0.3, -0.25) is 4.79 Å². The standard InChI is InChI=1S/C13H22N4O/c1-16(2)12-9-13(18)17(15-10-12)8-4-3-7-14-11-5-6-11/h9-11,14H,3-8H2,1-2H3. The van der Waals surface area contributed by atoms with E-state index in [9.17, 15) is 4.79 Å². The number of anilines is 1. The number of unbranched alkanes of at least 4 members (excludes halogenated alkanes) is 1. The molecule has 1 heterocycles. The van der Waals surface area contributed by atoms with Crippen LogP contribution in [0.2, 0.25) is 0 Å². The Bertz CT molecular complexity index is 437. The molecule has 0 aliphatic heterocycles. The summed E-state index contributed by atoms with van der Waals surface area (Å²) in [5.41, 5.74) is 0.836. The minimum atomic E-state index is -0.0173.